The minimum atomic E-state index is -0.866. The molecule has 5 nitrogen and oxygen atoms in total. The van der Waals surface area contributed by atoms with Gasteiger partial charge in [-0.15, -0.1) is 0 Å². The van der Waals surface area contributed by atoms with Crippen molar-refractivity contribution >= 4 is 11.9 Å². The number of ether oxygens (including phenoxy) is 1. The highest BCUT2D eigenvalue weighted by Gasteiger charge is 2.40. The zero-order valence-corrected chi connectivity index (χ0v) is 10.7. The molecule has 0 bridgehead atoms. The molecule has 1 aliphatic carbocycles. The lowest BCUT2D eigenvalue weighted by atomic mass is 9.95. The Morgan fingerprint density at radius 3 is 2.72 bits per heavy atom. The third kappa shape index (κ3) is 4.05. The molecule has 3 unspecified atom stereocenters. The number of carbonyl (C=O) groups is 2. The number of nitrogens with one attached hydrogen (secondary N) is 1. The number of amides is 1. The third-order valence-corrected chi connectivity index (χ3v) is 3.31. The summed E-state index contributed by atoms with van der Waals surface area (Å²) in [7, 11) is 0. The first-order valence-electron chi connectivity index (χ1n) is 6.29. The maximum atomic E-state index is 11.9. The predicted octanol–water partition coefficient (Wildman–Crippen LogP) is 1.40. The highest BCUT2D eigenvalue weighted by Crippen LogP contribution is 2.36. The fraction of sp³-hybridized carbons (Fsp3) is 0.692. The second kappa shape index (κ2) is 7.03. The number of carboxylic acids is 1. The molecule has 1 fully saturated rings. The van der Waals surface area contributed by atoms with Gasteiger partial charge in [0.2, 0.25) is 5.91 Å². The second-order valence-electron chi connectivity index (χ2n) is 4.81. The van der Waals surface area contributed by atoms with E-state index in [1.165, 1.54) is 6.26 Å². The molecule has 1 saturated carbocycles. The highest BCUT2D eigenvalue weighted by atomic mass is 16.5. The number of hydrogen-bond acceptors (Lipinski definition) is 3. The Hall–Kier alpha value is -1.52. The van der Waals surface area contributed by atoms with Crippen LogP contribution in [-0.2, 0) is 14.3 Å². The molecular formula is C13H21NO4. The van der Waals surface area contributed by atoms with Gasteiger partial charge in [-0.25, -0.2) is 0 Å². The van der Waals surface area contributed by atoms with Crippen LogP contribution in [-0.4, -0.2) is 30.1 Å². The van der Waals surface area contributed by atoms with Crippen molar-refractivity contribution in [2.24, 2.45) is 17.8 Å². The summed E-state index contributed by atoms with van der Waals surface area (Å²) < 4.78 is 4.94. The molecule has 3 atom stereocenters. The van der Waals surface area contributed by atoms with Crippen molar-refractivity contribution in [1.29, 1.82) is 0 Å². The molecular weight excluding hydrogens is 234 g/mol. The van der Waals surface area contributed by atoms with Crippen molar-refractivity contribution in [1.82, 2.24) is 5.32 Å². The van der Waals surface area contributed by atoms with Gasteiger partial charge >= 0.3 is 5.97 Å². The van der Waals surface area contributed by atoms with Gasteiger partial charge in [-0.3, -0.25) is 9.59 Å². The van der Waals surface area contributed by atoms with Crippen LogP contribution in [0.5, 0.6) is 0 Å². The zero-order chi connectivity index (χ0) is 13.5. The molecule has 2 N–H and O–H groups in total. The van der Waals surface area contributed by atoms with Gasteiger partial charge < -0.3 is 15.2 Å². The summed E-state index contributed by atoms with van der Waals surface area (Å²) in [5.41, 5.74) is 0. The van der Waals surface area contributed by atoms with Crippen molar-refractivity contribution in [3.8, 4) is 0 Å². The summed E-state index contributed by atoms with van der Waals surface area (Å²) >= 11 is 0. The van der Waals surface area contributed by atoms with E-state index in [0.717, 1.165) is 0 Å². The molecule has 5 heteroatoms. The van der Waals surface area contributed by atoms with Gasteiger partial charge in [0.25, 0.3) is 0 Å². The van der Waals surface area contributed by atoms with Gasteiger partial charge in [0.05, 0.1) is 24.7 Å². The Bertz CT molecular complexity index is 316. The minimum Gasteiger partial charge on any atom is -0.502 e. The van der Waals surface area contributed by atoms with Crippen LogP contribution in [0, 0.1) is 17.8 Å². The van der Waals surface area contributed by atoms with Crippen LogP contribution in [0.25, 0.3) is 0 Å². The molecule has 0 spiro atoms. The molecule has 0 aliphatic heterocycles. The Labute approximate surface area is 107 Å². The molecule has 0 heterocycles. The summed E-state index contributed by atoms with van der Waals surface area (Å²) in [4.78, 5) is 23.0. The van der Waals surface area contributed by atoms with E-state index in [0.29, 0.717) is 38.3 Å². The lowest BCUT2D eigenvalue weighted by molar-refractivity contribution is -0.146. The quantitative estimate of drug-likeness (QED) is 0.532. The lowest BCUT2D eigenvalue weighted by Crippen LogP contribution is -2.36. The molecule has 1 rings (SSSR count). The molecule has 18 heavy (non-hydrogen) atoms. The number of aliphatic carboxylic acids is 1. The zero-order valence-electron chi connectivity index (χ0n) is 10.7. The van der Waals surface area contributed by atoms with Crippen LogP contribution in [0.15, 0.2) is 12.8 Å². The largest absolute Gasteiger partial charge is 0.502 e. The van der Waals surface area contributed by atoms with Crippen molar-refractivity contribution in [2.45, 2.75) is 26.2 Å². The first-order chi connectivity index (χ1) is 8.56. The monoisotopic (exact) mass is 255 g/mol. The topological polar surface area (TPSA) is 75.6 Å². The van der Waals surface area contributed by atoms with Crippen molar-refractivity contribution in [3.63, 3.8) is 0 Å². The SMILES string of the molecule is C=COCCCNC(=O)C1CC(C)CC1C(=O)O. The van der Waals surface area contributed by atoms with E-state index in [-0.39, 0.29) is 5.91 Å². The summed E-state index contributed by atoms with van der Waals surface area (Å²) in [5.74, 6) is -1.65. The number of rotatable bonds is 7. The van der Waals surface area contributed by atoms with E-state index < -0.39 is 17.8 Å². The van der Waals surface area contributed by atoms with Crippen LogP contribution in [0.3, 0.4) is 0 Å². The van der Waals surface area contributed by atoms with Crippen LogP contribution in [0.4, 0.5) is 0 Å². The average Bonchev–Trinajstić information content (AvgIpc) is 2.71. The van der Waals surface area contributed by atoms with Gasteiger partial charge in [-0.2, -0.15) is 0 Å². The van der Waals surface area contributed by atoms with E-state index in [1.54, 1.807) is 0 Å². The van der Waals surface area contributed by atoms with Crippen molar-refractivity contribution in [2.75, 3.05) is 13.2 Å². The van der Waals surface area contributed by atoms with Crippen molar-refractivity contribution in [3.05, 3.63) is 12.8 Å². The normalized spacial score (nSPS) is 26.6. The summed E-state index contributed by atoms with van der Waals surface area (Å²) in [5, 5.41) is 11.9. The van der Waals surface area contributed by atoms with E-state index in [2.05, 4.69) is 11.9 Å². The first-order valence-corrected chi connectivity index (χ1v) is 6.29. The van der Waals surface area contributed by atoms with E-state index in [4.69, 9.17) is 9.84 Å². The first kappa shape index (κ1) is 14.5. The van der Waals surface area contributed by atoms with Gasteiger partial charge in [-0.1, -0.05) is 13.5 Å². The lowest BCUT2D eigenvalue weighted by Gasteiger charge is -2.15. The smallest absolute Gasteiger partial charge is 0.307 e. The standard InChI is InChI=1S/C13H21NO4/c1-3-18-6-4-5-14-12(15)10-7-9(2)8-11(10)13(16)17/h3,9-11H,1,4-8H2,2H3,(H,14,15)(H,16,17). The van der Waals surface area contributed by atoms with Crippen LogP contribution >= 0.6 is 0 Å². The van der Waals surface area contributed by atoms with E-state index >= 15 is 0 Å². The Morgan fingerprint density at radius 1 is 1.44 bits per heavy atom. The molecule has 0 aromatic carbocycles. The predicted molar refractivity (Wildman–Crippen MR) is 66.8 cm³/mol. The van der Waals surface area contributed by atoms with E-state index in [9.17, 15) is 9.59 Å². The van der Waals surface area contributed by atoms with E-state index in [1.807, 2.05) is 6.92 Å². The van der Waals surface area contributed by atoms with Gasteiger partial charge in [0, 0.05) is 6.54 Å². The molecule has 102 valence electrons. The Balaban J connectivity index is 2.35. The van der Waals surface area contributed by atoms with Gasteiger partial charge in [0.15, 0.2) is 0 Å². The molecule has 0 aromatic heterocycles. The number of carboxylic acid groups (broad SMARTS) is 1. The fourth-order valence-electron chi connectivity index (χ4n) is 2.44. The molecule has 0 aromatic rings. The van der Waals surface area contributed by atoms with Gasteiger partial charge in [-0.05, 0) is 25.2 Å². The third-order valence-electron chi connectivity index (χ3n) is 3.31. The molecule has 1 amide bonds. The van der Waals surface area contributed by atoms with Crippen LogP contribution in [0.1, 0.15) is 26.2 Å². The van der Waals surface area contributed by atoms with Crippen LogP contribution < -0.4 is 5.32 Å². The fourth-order valence-corrected chi connectivity index (χ4v) is 2.44. The highest BCUT2D eigenvalue weighted by molar-refractivity contribution is 5.85. The van der Waals surface area contributed by atoms with Gasteiger partial charge in [0.1, 0.15) is 0 Å². The molecule has 0 radical (unpaired) electrons. The average molecular weight is 255 g/mol. The van der Waals surface area contributed by atoms with Crippen LogP contribution in [0.2, 0.25) is 0 Å². The Kier molecular flexibility index (Phi) is 5.68. The summed E-state index contributed by atoms with van der Waals surface area (Å²) in [6, 6.07) is 0. The maximum Gasteiger partial charge on any atom is 0.307 e. The summed E-state index contributed by atoms with van der Waals surface area (Å²) in [6.07, 6.45) is 3.30. The maximum absolute atomic E-state index is 11.9. The second-order valence-corrected chi connectivity index (χ2v) is 4.81. The summed E-state index contributed by atoms with van der Waals surface area (Å²) in [6.45, 7) is 6.42. The molecule has 0 saturated heterocycles. The minimum absolute atomic E-state index is 0.148. The Morgan fingerprint density at radius 2 is 2.11 bits per heavy atom. The molecule has 1 aliphatic rings. The number of carbonyl (C=O) groups excluding carboxylic acids is 1. The van der Waals surface area contributed by atoms with Crippen molar-refractivity contribution < 1.29 is 19.4 Å². The number of hydrogen-bond donors (Lipinski definition) is 2.